The number of amides is 2. The summed E-state index contributed by atoms with van der Waals surface area (Å²) in [6, 6.07) is 3.60. The van der Waals surface area contributed by atoms with E-state index < -0.39 is 17.8 Å². The summed E-state index contributed by atoms with van der Waals surface area (Å²) in [6.45, 7) is 0. The van der Waals surface area contributed by atoms with Crippen molar-refractivity contribution in [1.82, 2.24) is 5.43 Å². The Bertz CT molecular complexity index is 648. The fourth-order valence-electron chi connectivity index (χ4n) is 1.52. The van der Waals surface area contributed by atoms with Gasteiger partial charge in [0, 0.05) is 15.5 Å². The molecule has 0 aliphatic carbocycles. The Balaban J connectivity index is 2.33. The van der Waals surface area contributed by atoms with Crippen LogP contribution in [0.2, 0.25) is 0 Å². The summed E-state index contributed by atoms with van der Waals surface area (Å²) >= 11 is 1.00. The van der Waals surface area contributed by atoms with Crippen molar-refractivity contribution >= 4 is 33.7 Å². The summed E-state index contributed by atoms with van der Waals surface area (Å²) in [5.41, 5.74) is 6.73. The Labute approximate surface area is 109 Å². The maximum atomic E-state index is 12.7. The number of carbonyl (C=O) groups is 1. The van der Waals surface area contributed by atoms with Crippen molar-refractivity contribution in [2.45, 2.75) is 6.18 Å². The highest BCUT2D eigenvalue weighted by Gasteiger charge is 2.33. The molecule has 0 bridgehead atoms. The van der Waals surface area contributed by atoms with Crippen LogP contribution < -0.4 is 11.2 Å². The SMILES string of the molecule is NC(=O)NN=Cc1ccc2c(C(F)(F)F)csc2c1. The number of halogens is 3. The standard InChI is InChI=1S/C11H8F3N3OS/c12-11(13,14)8-5-19-9-3-6(1-2-7(8)9)4-16-17-10(15)18/h1-5H,(H3,15,17,18). The number of thiophene rings is 1. The monoisotopic (exact) mass is 287 g/mol. The lowest BCUT2D eigenvalue weighted by atomic mass is 10.1. The van der Waals surface area contributed by atoms with Gasteiger partial charge in [-0.25, -0.2) is 10.2 Å². The molecule has 0 atom stereocenters. The predicted octanol–water partition coefficient (Wildman–Crippen LogP) is 2.92. The number of nitrogens with zero attached hydrogens (tertiary/aromatic N) is 1. The zero-order valence-corrected chi connectivity index (χ0v) is 10.2. The van der Waals surface area contributed by atoms with Gasteiger partial charge in [0.05, 0.1) is 11.8 Å². The summed E-state index contributed by atoms with van der Waals surface area (Å²) in [5, 5.41) is 4.76. The van der Waals surface area contributed by atoms with Gasteiger partial charge in [-0.2, -0.15) is 18.3 Å². The van der Waals surface area contributed by atoms with Gasteiger partial charge >= 0.3 is 12.2 Å². The minimum atomic E-state index is -4.36. The predicted molar refractivity (Wildman–Crippen MR) is 67.1 cm³/mol. The fraction of sp³-hybridized carbons (Fsp3) is 0.0909. The molecule has 0 fully saturated rings. The van der Waals surface area contributed by atoms with Crippen LogP contribution in [0.3, 0.4) is 0 Å². The topological polar surface area (TPSA) is 67.5 Å². The maximum absolute atomic E-state index is 12.7. The molecule has 1 heterocycles. The second kappa shape index (κ2) is 4.88. The summed E-state index contributed by atoms with van der Waals surface area (Å²) in [7, 11) is 0. The van der Waals surface area contributed by atoms with E-state index in [1.807, 2.05) is 5.43 Å². The van der Waals surface area contributed by atoms with Gasteiger partial charge in [-0.15, -0.1) is 11.3 Å². The number of nitrogens with two attached hydrogens (primary N) is 1. The highest BCUT2D eigenvalue weighted by Crippen LogP contribution is 2.38. The van der Waals surface area contributed by atoms with Gasteiger partial charge in [0.2, 0.25) is 0 Å². The molecule has 0 saturated carbocycles. The zero-order valence-electron chi connectivity index (χ0n) is 9.36. The number of hydrazone groups is 1. The molecule has 0 spiro atoms. The molecule has 19 heavy (non-hydrogen) atoms. The van der Waals surface area contributed by atoms with Crippen LogP contribution in [0.25, 0.3) is 10.1 Å². The molecular weight excluding hydrogens is 279 g/mol. The molecule has 0 aliphatic rings. The lowest BCUT2D eigenvalue weighted by Gasteiger charge is -2.04. The molecule has 4 nitrogen and oxygen atoms in total. The van der Waals surface area contributed by atoms with Gasteiger partial charge in [-0.3, -0.25) is 0 Å². The van der Waals surface area contributed by atoms with Crippen LogP contribution in [-0.2, 0) is 6.18 Å². The number of urea groups is 1. The van der Waals surface area contributed by atoms with E-state index in [9.17, 15) is 18.0 Å². The highest BCUT2D eigenvalue weighted by molar-refractivity contribution is 7.17. The number of nitrogens with one attached hydrogen (secondary N) is 1. The molecule has 3 N–H and O–H groups in total. The molecule has 0 aliphatic heterocycles. The van der Waals surface area contributed by atoms with E-state index in [2.05, 4.69) is 5.10 Å². The minimum Gasteiger partial charge on any atom is -0.350 e. The smallest absolute Gasteiger partial charge is 0.350 e. The van der Waals surface area contributed by atoms with Crippen LogP contribution in [-0.4, -0.2) is 12.2 Å². The Kier molecular flexibility index (Phi) is 3.43. The number of hydrogen-bond donors (Lipinski definition) is 2. The number of primary amides is 1. The normalized spacial score (nSPS) is 12.2. The summed E-state index contributed by atoms with van der Waals surface area (Å²) < 4.78 is 38.5. The fourth-order valence-corrected chi connectivity index (χ4v) is 2.53. The van der Waals surface area contributed by atoms with Crippen molar-refractivity contribution in [3.63, 3.8) is 0 Å². The largest absolute Gasteiger partial charge is 0.417 e. The first kappa shape index (κ1) is 13.3. The number of hydrogen-bond acceptors (Lipinski definition) is 3. The molecule has 0 radical (unpaired) electrons. The third-order valence-electron chi connectivity index (χ3n) is 2.29. The first-order valence-electron chi connectivity index (χ1n) is 5.05. The van der Waals surface area contributed by atoms with Crippen molar-refractivity contribution in [1.29, 1.82) is 0 Å². The van der Waals surface area contributed by atoms with Gasteiger partial charge in [-0.05, 0) is 11.6 Å². The number of benzene rings is 1. The van der Waals surface area contributed by atoms with Crippen molar-refractivity contribution < 1.29 is 18.0 Å². The lowest BCUT2D eigenvalue weighted by Crippen LogP contribution is -2.24. The number of rotatable bonds is 2. The van der Waals surface area contributed by atoms with E-state index in [1.54, 1.807) is 6.07 Å². The molecule has 2 rings (SSSR count). The average Bonchev–Trinajstić information content (AvgIpc) is 2.71. The quantitative estimate of drug-likeness (QED) is 0.647. The van der Waals surface area contributed by atoms with Crippen LogP contribution in [0.1, 0.15) is 11.1 Å². The van der Waals surface area contributed by atoms with Gasteiger partial charge in [0.15, 0.2) is 0 Å². The Morgan fingerprint density at radius 2 is 2.16 bits per heavy atom. The van der Waals surface area contributed by atoms with E-state index in [4.69, 9.17) is 5.73 Å². The third kappa shape index (κ3) is 3.02. The van der Waals surface area contributed by atoms with E-state index >= 15 is 0 Å². The second-order valence-electron chi connectivity index (χ2n) is 3.64. The van der Waals surface area contributed by atoms with Gasteiger partial charge in [0.25, 0.3) is 0 Å². The average molecular weight is 287 g/mol. The van der Waals surface area contributed by atoms with Crippen molar-refractivity contribution in [3.8, 4) is 0 Å². The molecule has 0 unspecified atom stereocenters. The first-order chi connectivity index (χ1) is 8.88. The molecule has 100 valence electrons. The molecule has 1 aromatic heterocycles. The summed E-state index contributed by atoms with van der Waals surface area (Å²) in [5.74, 6) is 0. The Hall–Kier alpha value is -2.09. The molecule has 8 heteroatoms. The molecule has 2 amide bonds. The number of alkyl halides is 3. The Morgan fingerprint density at radius 1 is 1.42 bits per heavy atom. The second-order valence-corrected chi connectivity index (χ2v) is 4.55. The summed E-state index contributed by atoms with van der Waals surface area (Å²) in [6.07, 6.45) is -3.06. The first-order valence-corrected chi connectivity index (χ1v) is 5.93. The van der Waals surface area contributed by atoms with Crippen LogP contribution in [0, 0.1) is 0 Å². The Morgan fingerprint density at radius 3 is 2.79 bits per heavy atom. The third-order valence-corrected chi connectivity index (χ3v) is 3.24. The van der Waals surface area contributed by atoms with Crippen molar-refractivity contribution in [2.75, 3.05) is 0 Å². The van der Waals surface area contributed by atoms with Gasteiger partial charge in [0.1, 0.15) is 0 Å². The molecule has 1 aromatic carbocycles. The van der Waals surface area contributed by atoms with Crippen molar-refractivity contribution in [3.05, 3.63) is 34.7 Å². The van der Waals surface area contributed by atoms with Gasteiger partial charge in [-0.1, -0.05) is 12.1 Å². The lowest BCUT2D eigenvalue weighted by molar-refractivity contribution is -0.136. The molecule has 2 aromatic rings. The van der Waals surface area contributed by atoms with E-state index in [-0.39, 0.29) is 5.39 Å². The van der Waals surface area contributed by atoms with Crippen molar-refractivity contribution in [2.24, 2.45) is 10.8 Å². The maximum Gasteiger partial charge on any atom is 0.417 e. The van der Waals surface area contributed by atoms with E-state index in [1.165, 1.54) is 18.3 Å². The van der Waals surface area contributed by atoms with Crippen LogP contribution in [0.15, 0.2) is 28.7 Å². The summed E-state index contributed by atoms with van der Waals surface area (Å²) in [4.78, 5) is 10.4. The zero-order chi connectivity index (χ0) is 14.0. The molecule has 0 saturated heterocycles. The number of fused-ring (bicyclic) bond motifs is 1. The van der Waals surface area contributed by atoms with Gasteiger partial charge < -0.3 is 5.73 Å². The van der Waals surface area contributed by atoms with E-state index in [0.717, 1.165) is 16.7 Å². The van der Waals surface area contributed by atoms with Crippen LogP contribution in [0.5, 0.6) is 0 Å². The highest BCUT2D eigenvalue weighted by atomic mass is 32.1. The van der Waals surface area contributed by atoms with E-state index in [0.29, 0.717) is 10.3 Å². The number of carbonyl (C=O) groups excluding carboxylic acids is 1. The molecular formula is C11H8F3N3OS. The minimum absolute atomic E-state index is 0.150. The van der Waals surface area contributed by atoms with Crippen LogP contribution >= 0.6 is 11.3 Å². The van der Waals surface area contributed by atoms with Crippen LogP contribution in [0.4, 0.5) is 18.0 Å².